The van der Waals surface area contributed by atoms with E-state index in [2.05, 4.69) is 5.32 Å². The van der Waals surface area contributed by atoms with Gasteiger partial charge in [-0.15, -0.1) is 0 Å². The fourth-order valence-corrected chi connectivity index (χ4v) is 2.68. The van der Waals surface area contributed by atoms with E-state index in [1.54, 1.807) is 0 Å². The SMILES string of the molecule is CS(=O)(=O)c1ccc(F)c(NCCCc2ccccc2)c1. The molecule has 21 heavy (non-hydrogen) atoms. The van der Waals surface area contributed by atoms with Crippen molar-refractivity contribution in [3.05, 3.63) is 59.9 Å². The van der Waals surface area contributed by atoms with Gasteiger partial charge in [0.05, 0.1) is 10.6 Å². The lowest BCUT2D eigenvalue weighted by Gasteiger charge is -2.09. The van der Waals surface area contributed by atoms with Crippen molar-refractivity contribution in [3.63, 3.8) is 0 Å². The number of anilines is 1. The van der Waals surface area contributed by atoms with Gasteiger partial charge in [0.15, 0.2) is 9.84 Å². The fourth-order valence-electron chi connectivity index (χ4n) is 2.03. The maximum atomic E-state index is 13.7. The molecule has 2 aromatic carbocycles. The van der Waals surface area contributed by atoms with E-state index in [9.17, 15) is 12.8 Å². The average molecular weight is 307 g/mol. The zero-order valence-corrected chi connectivity index (χ0v) is 12.7. The summed E-state index contributed by atoms with van der Waals surface area (Å²) in [5.74, 6) is -0.442. The quantitative estimate of drug-likeness (QED) is 0.658. The van der Waals surface area contributed by atoms with Gasteiger partial charge in [0.1, 0.15) is 5.82 Å². The molecule has 0 bridgehead atoms. The molecule has 0 spiro atoms. The zero-order valence-electron chi connectivity index (χ0n) is 11.8. The second-order valence-corrected chi connectivity index (χ2v) is 6.95. The highest BCUT2D eigenvalue weighted by atomic mass is 32.2. The third-order valence-electron chi connectivity index (χ3n) is 3.17. The minimum Gasteiger partial charge on any atom is -0.383 e. The molecule has 2 rings (SSSR count). The number of halogens is 1. The molecule has 0 heterocycles. The van der Waals surface area contributed by atoms with Crippen LogP contribution in [0.4, 0.5) is 10.1 Å². The minimum absolute atomic E-state index is 0.120. The van der Waals surface area contributed by atoms with Gasteiger partial charge >= 0.3 is 0 Å². The van der Waals surface area contributed by atoms with Crippen molar-refractivity contribution < 1.29 is 12.8 Å². The molecule has 112 valence electrons. The van der Waals surface area contributed by atoms with E-state index in [0.29, 0.717) is 6.54 Å². The van der Waals surface area contributed by atoms with Crippen molar-refractivity contribution in [3.8, 4) is 0 Å². The zero-order chi connectivity index (χ0) is 15.3. The van der Waals surface area contributed by atoms with Crippen molar-refractivity contribution in [1.29, 1.82) is 0 Å². The summed E-state index contributed by atoms with van der Waals surface area (Å²) >= 11 is 0. The van der Waals surface area contributed by atoms with Crippen LogP contribution in [0.15, 0.2) is 53.4 Å². The Hall–Kier alpha value is -1.88. The molecule has 0 aromatic heterocycles. The van der Waals surface area contributed by atoms with Crippen LogP contribution in [0.5, 0.6) is 0 Å². The number of sulfone groups is 1. The van der Waals surface area contributed by atoms with E-state index in [1.807, 2.05) is 30.3 Å². The van der Waals surface area contributed by atoms with Crippen LogP contribution in [0.25, 0.3) is 0 Å². The highest BCUT2D eigenvalue weighted by Gasteiger charge is 2.10. The first-order chi connectivity index (χ1) is 9.97. The maximum Gasteiger partial charge on any atom is 0.175 e. The van der Waals surface area contributed by atoms with E-state index < -0.39 is 15.7 Å². The third kappa shape index (κ3) is 4.56. The summed E-state index contributed by atoms with van der Waals surface area (Å²) in [5, 5.41) is 2.96. The van der Waals surface area contributed by atoms with Crippen LogP contribution in [0, 0.1) is 5.82 Å². The molecule has 5 heteroatoms. The fraction of sp³-hybridized carbons (Fsp3) is 0.250. The van der Waals surface area contributed by atoms with Crippen molar-refractivity contribution in [1.82, 2.24) is 0 Å². The van der Waals surface area contributed by atoms with E-state index >= 15 is 0 Å². The molecule has 0 atom stereocenters. The highest BCUT2D eigenvalue weighted by molar-refractivity contribution is 7.90. The van der Waals surface area contributed by atoms with Crippen molar-refractivity contribution in [2.24, 2.45) is 0 Å². The molecule has 3 nitrogen and oxygen atoms in total. The first kappa shape index (κ1) is 15.5. The highest BCUT2D eigenvalue weighted by Crippen LogP contribution is 2.19. The van der Waals surface area contributed by atoms with Gasteiger partial charge in [0.25, 0.3) is 0 Å². The molecular weight excluding hydrogens is 289 g/mol. The molecule has 0 saturated carbocycles. The molecule has 0 aliphatic rings. The van der Waals surface area contributed by atoms with Crippen LogP contribution in [0.3, 0.4) is 0 Å². The van der Waals surface area contributed by atoms with Crippen LogP contribution >= 0.6 is 0 Å². The molecule has 0 aliphatic heterocycles. The van der Waals surface area contributed by atoms with Gasteiger partial charge in [-0.1, -0.05) is 30.3 Å². The standard InChI is InChI=1S/C16H18FNO2S/c1-21(19,20)14-9-10-15(17)16(12-14)18-11-5-8-13-6-3-2-4-7-13/h2-4,6-7,9-10,12,18H,5,8,11H2,1H3. The van der Waals surface area contributed by atoms with E-state index in [1.165, 1.54) is 23.8 Å². The lowest BCUT2D eigenvalue weighted by atomic mass is 10.1. The Morgan fingerprint density at radius 3 is 2.48 bits per heavy atom. The maximum absolute atomic E-state index is 13.7. The van der Waals surface area contributed by atoms with Crippen LogP contribution in [0.1, 0.15) is 12.0 Å². The molecule has 2 aromatic rings. The summed E-state index contributed by atoms with van der Waals surface area (Å²) in [5.41, 5.74) is 1.45. The van der Waals surface area contributed by atoms with Crippen molar-refractivity contribution in [2.45, 2.75) is 17.7 Å². The summed E-state index contributed by atoms with van der Waals surface area (Å²) in [7, 11) is -3.32. The summed E-state index contributed by atoms with van der Waals surface area (Å²) in [4.78, 5) is 0.120. The molecule has 0 saturated heterocycles. The van der Waals surface area contributed by atoms with E-state index in [-0.39, 0.29) is 10.6 Å². The third-order valence-corrected chi connectivity index (χ3v) is 4.28. The first-order valence-corrected chi connectivity index (χ1v) is 8.63. The summed E-state index contributed by atoms with van der Waals surface area (Å²) in [6.07, 6.45) is 2.84. The van der Waals surface area contributed by atoms with Gasteiger partial charge in [-0.05, 0) is 36.6 Å². The monoisotopic (exact) mass is 307 g/mol. The largest absolute Gasteiger partial charge is 0.383 e. The summed E-state index contributed by atoms with van der Waals surface area (Å²) in [6.45, 7) is 0.582. The second kappa shape index (κ2) is 6.72. The number of hydrogen-bond donors (Lipinski definition) is 1. The predicted octanol–water partition coefficient (Wildman–Crippen LogP) is 3.27. The minimum atomic E-state index is -3.32. The van der Waals surface area contributed by atoms with E-state index in [4.69, 9.17) is 0 Å². The van der Waals surface area contributed by atoms with E-state index in [0.717, 1.165) is 19.1 Å². The number of hydrogen-bond acceptors (Lipinski definition) is 3. The van der Waals surface area contributed by atoms with Gasteiger partial charge in [0, 0.05) is 12.8 Å². The van der Waals surface area contributed by atoms with Crippen LogP contribution in [-0.2, 0) is 16.3 Å². The Balaban J connectivity index is 1.94. The Bertz CT molecular complexity index is 699. The predicted molar refractivity (Wildman–Crippen MR) is 82.8 cm³/mol. The number of nitrogens with one attached hydrogen (secondary N) is 1. The van der Waals surface area contributed by atoms with Crippen molar-refractivity contribution >= 4 is 15.5 Å². The molecule has 0 fully saturated rings. The molecule has 0 amide bonds. The molecule has 0 unspecified atom stereocenters. The molecule has 0 radical (unpaired) electrons. The lowest BCUT2D eigenvalue weighted by Crippen LogP contribution is -2.06. The average Bonchev–Trinajstić information content (AvgIpc) is 2.45. The molecule has 0 aliphatic carbocycles. The van der Waals surface area contributed by atoms with Crippen molar-refractivity contribution in [2.75, 3.05) is 18.1 Å². The lowest BCUT2D eigenvalue weighted by molar-refractivity contribution is 0.600. The topological polar surface area (TPSA) is 46.2 Å². The summed E-state index contributed by atoms with van der Waals surface area (Å²) in [6, 6.07) is 13.8. The van der Waals surface area contributed by atoms with Crippen LogP contribution in [-0.4, -0.2) is 21.2 Å². The Labute approximate surface area is 124 Å². The smallest absolute Gasteiger partial charge is 0.175 e. The van der Waals surface area contributed by atoms with Gasteiger partial charge in [0.2, 0.25) is 0 Å². The number of aryl methyl sites for hydroxylation is 1. The van der Waals surface area contributed by atoms with Gasteiger partial charge in [-0.25, -0.2) is 12.8 Å². The Morgan fingerprint density at radius 2 is 1.81 bits per heavy atom. The normalized spacial score (nSPS) is 11.3. The number of rotatable bonds is 6. The van der Waals surface area contributed by atoms with Gasteiger partial charge < -0.3 is 5.32 Å². The molecular formula is C16H18FNO2S. The number of benzene rings is 2. The Kier molecular flexibility index (Phi) is 4.96. The second-order valence-electron chi connectivity index (χ2n) is 4.93. The Morgan fingerprint density at radius 1 is 1.10 bits per heavy atom. The molecule has 1 N–H and O–H groups in total. The first-order valence-electron chi connectivity index (χ1n) is 6.74. The van der Waals surface area contributed by atoms with Crippen LogP contribution in [0.2, 0.25) is 0 Å². The summed E-state index contributed by atoms with van der Waals surface area (Å²) < 4.78 is 36.6. The van der Waals surface area contributed by atoms with Gasteiger partial charge in [-0.3, -0.25) is 0 Å². The van der Waals surface area contributed by atoms with Gasteiger partial charge in [-0.2, -0.15) is 0 Å². The van der Waals surface area contributed by atoms with Crippen LogP contribution < -0.4 is 5.32 Å².